The maximum atomic E-state index is 13.1. The van der Waals surface area contributed by atoms with Gasteiger partial charge in [0.2, 0.25) is 0 Å². The van der Waals surface area contributed by atoms with Crippen molar-refractivity contribution in [3.63, 3.8) is 0 Å². The average molecular weight is 622 g/mol. The van der Waals surface area contributed by atoms with Gasteiger partial charge in [-0.05, 0) is 55.1 Å². The highest BCUT2D eigenvalue weighted by atomic mass is 35.5. The molecule has 1 saturated heterocycles. The molecular formula is C31H35ClF3N3O5. The molecule has 4 rings (SSSR count). The van der Waals surface area contributed by atoms with Crippen molar-refractivity contribution in [2.75, 3.05) is 26.3 Å². The summed E-state index contributed by atoms with van der Waals surface area (Å²) in [5.41, 5.74) is 4.20. The summed E-state index contributed by atoms with van der Waals surface area (Å²) in [5, 5.41) is 11.0. The summed E-state index contributed by atoms with van der Waals surface area (Å²) in [5.74, 6) is -2.34. The van der Waals surface area contributed by atoms with Crippen molar-refractivity contribution >= 4 is 23.5 Å². The summed E-state index contributed by atoms with van der Waals surface area (Å²) in [6.45, 7) is 5.69. The van der Waals surface area contributed by atoms with E-state index in [4.69, 9.17) is 31.0 Å². The number of hydrogen-bond donors (Lipinski definition) is 2. The molecule has 2 aromatic carbocycles. The molecular weight excluding hydrogens is 587 g/mol. The van der Waals surface area contributed by atoms with Gasteiger partial charge in [-0.3, -0.25) is 9.78 Å². The number of para-hydroxylation sites is 1. The van der Waals surface area contributed by atoms with Crippen molar-refractivity contribution in [3.05, 3.63) is 83.0 Å². The SMILES string of the molecule is CCCNCc1ccc(-c2ccc(CN(CC3CCCO3)C(=O)COc3ccccc3Cl)cc2)nc1.O=C(O)C(F)(F)F. The second-order valence-electron chi connectivity index (χ2n) is 9.86. The molecule has 0 radical (unpaired) electrons. The molecule has 1 atom stereocenters. The molecule has 0 saturated carbocycles. The van der Waals surface area contributed by atoms with Gasteiger partial charge in [-0.15, -0.1) is 0 Å². The molecule has 3 aromatic rings. The summed E-state index contributed by atoms with van der Waals surface area (Å²) >= 11 is 6.18. The monoisotopic (exact) mass is 621 g/mol. The Morgan fingerprint density at radius 1 is 1.12 bits per heavy atom. The zero-order valence-corrected chi connectivity index (χ0v) is 24.5. The first kappa shape index (κ1) is 33.8. The van der Waals surface area contributed by atoms with Crippen LogP contribution in [0, 0.1) is 0 Å². The Morgan fingerprint density at radius 2 is 1.81 bits per heavy atom. The van der Waals surface area contributed by atoms with Gasteiger partial charge in [-0.25, -0.2) is 4.79 Å². The van der Waals surface area contributed by atoms with Crippen LogP contribution in [0.25, 0.3) is 11.3 Å². The number of carbonyl (C=O) groups is 2. The highest BCUT2D eigenvalue weighted by Gasteiger charge is 2.38. The van der Waals surface area contributed by atoms with Crippen LogP contribution in [-0.2, 0) is 27.4 Å². The zero-order chi connectivity index (χ0) is 31.2. The van der Waals surface area contributed by atoms with Crippen LogP contribution in [0.4, 0.5) is 13.2 Å². The average Bonchev–Trinajstić information content (AvgIpc) is 3.50. The van der Waals surface area contributed by atoms with Crippen molar-refractivity contribution in [1.29, 1.82) is 0 Å². The van der Waals surface area contributed by atoms with Crippen molar-refractivity contribution in [2.45, 2.75) is 51.6 Å². The van der Waals surface area contributed by atoms with E-state index in [2.05, 4.69) is 53.6 Å². The van der Waals surface area contributed by atoms with E-state index in [0.717, 1.165) is 55.8 Å². The van der Waals surface area contributed by atoms with Gasteiger partial charge in [0.15, 0.2) is 6.61 Å². The number of nitrogens with zero attached hydrogens (tertiary/aromatic N) is 2. The molecule has 0 spiro atoms. The number of aromatic nitrogens is 1. The van der Waals surface area contributed by atoms with E-state index in [1.165, 1.54) is 5.56 Å². The molecule has 1 unspecified atom stereocenters. The normalized spacial score (nSPS) is 14.5. The molecule has 1 aliphatic heterocycles. The number of aliphatic carboxylic acids is 1. The van der Waals surface area contributed by atoms with Gasteiger partial charge in [0.25, 0.3) is 5.91 Å². The van der Waals surface area contributed by atoms with Crippen molar-refractivity contribution in [2.24, 2.45) is 0 Å². The molecule has 43 heavy (non-hydrogen) atoms. The first-order valence-corrected chi connectivity index (χ1v) is 14.3. The first-order valence-electron chi connectivity index (χ1n) is 13.9. The zero-order valence-electron chi connectivity index (χ0n) is 23.8. The number of benzene rings is 2. The largest absolute Gasteiger partial charge is 0.490 e. The number of pyridine rings is 1. The Kier molecular flexibility index (Phi) is 13.2. The lowest BCUT2D eigenvalue weighted by Gasteiger charge is -2.26. The number of carboxylic acid groups (broad SMARTS) is 1. The van der Waals surface area contributed by atoms with E-state index in [1.54, 1.807) is 12.1 Å². The molecule has 1 fully saturated rings. The van der Waals surface area contributed by atoms with Crippen LogP contribution in [0.15, 0.2) is 66.9 Å². The van der Waals surface area contributed by atoms with Gasteiger partial charge >= 0.3 is 12.1 Å². The standard InChI is InChI=1S/C29H34ClN3O3.C2HF3O2/c1-2-15-31-17-23-11-14-27(32-18-23)24-12-9-22(10-13-24)19-33(20-25-6-5-16-35-25)29(34)21-36-28-8-4-3-7-26(28)30;3-2(4,5)1(6)7/h3-4,7-14,18,25,31H,2,5-6,15-17,19-21H2,1H3;(H,6,7). The summed E-state index contributed by atoms with van der Waals surface area (Å²) < 4.78 is 43.3. The van der Waals surface area contributed by atoms with Crippen LogP contribution in [0.1, 0.15) is 37.3 Å². The molecule has 2 N–H and O–H groups in total. The van der Waals surface area contributed by atoms with Crippen molar-refractivity contribution < 1.29 is 37.3 Å². The number of carbonyl (C=O) groups excluding carboxylic acids is 1. The molecule has 0 bridgehead atoms. The van der Waals surface area contributed by atoms with E-state index in [-0.39, 0.29) is 18.6 Å². The van der Waals surface area contributed by atoms with Gasteiger partial charge < -0.3 is 24.8 Å². The number of rotatable bonds is 12. The fourth-order valence-electron chi connectivity index (χ4n) is 4.19. The number of ether oxygens (including phenoxy) is 2. The van der Waals surface area contributed by atoms with Gasteiger partial charge in [0.05, 0.1) is 16.8 Å². The molecule has 12 heteroatoms. The third kappa shape index (κ3) is 11.5. The number of halogens is 4. The maximum Gasteiger partial charge on any atom is 0.490 e. The van der Waals surface area contributed by atoms with Gasteiger partial charge in [-0.2, -0.15) is 13.2 Å². The molecule has 1 aliphatic rings. The summed E-state index contributed by atoms with van der Waals surface area (Å²) in [7, 11) is 0. The van der Waals surface area contributed by atoms with Crippen LogP contribution < -0.4 is 10.1 Å². The number of alkyl halides is 3. The fourth-order valence-corrected chi connectivity index (χ4v) is 4.38. The van der Waals surface area contributed by atoms with E-state index < -0.39 is 12.1 Å². The van der Waals surface area contributed by atoms with E-state index in [0.29, 0.717) is 23.9 Å². The molecule has 1 aromatic heterocycles. The van der Waals surface area contributed by atoms with E-state index >= 15 is 0 Å². The van der Waals surface area contributed by atoms with Crippen molar-refractivity contribution in [3.8, 4) is 17.0 Å². The molecule has 8 nitrogen and oxygen atoms in total. The minimum Gasteiger partial charge on any atom is -0.482 e. The van der Waals surface area contributed by atoms with Gasteiger partial charge in [0, 0.05) is 38.0 Å². The topological polar surface area (TPSA) is 101 Å². The highest BCUT2D eigenvalue weighted by Crippen LogP contribution is 2.24. The smallest absolute Gasteiger partial charge is 0.482 e. The van der Waals surface area contributed by atoms with E-state index in [1.807, 2.05) is 23.2 Å². The second-order valence-corrected chi connectivity index (χ2v) is 10.3. The quantitative estimate of drug-likeness (QED) is 0.235. The number of nitrogens with one attached hydrogen (secondary N) is 1. The molecule has 2 heterocycles. The summed E-state index contributed by atoms with van der Waals surface area (Å²) in [6.07, 6.45) is 0.000420. The van der Waals surface area contributed by atoms with Gasteiger partial charge in [-0.1, -0.05) is 61.0 Å². The third-order valence-corrected chi connectivity index (χ3v) is 6.75. The first-order chi connectivity index (χ1) is 20.6. The molecule has 0 aliphatic carbocycles. The number of amides is 1. The van der Waals surface area contributed by atoms with Crippen LogP contribution >= 0.6 is 11.6 Å². The number of hydrogen-bond acceptors (Lipinski definition) is 6. The summed E-state index contributed by atoms with van der Waals surface area (Å²) in [4.78, 5) is 28.5. The van der Waals surface area contributed by atoms with Crippen LogP contribution in [0.5, 0.6) is 5.75 Å². The lowest BCUT2D eigenvalue weighted by atomic mass is 10.1. The predicted octanol–water partition coefficient (Wildman–Crippen LogP) is 6.12. The lowest BCUT2D eigenvalue weighted by molar-refractivity contribution is -0.192. The van der Waals surface area contributed by atoms with Crippen LogP contribution in [0.3, 0.4) is 0 Å². The Balaban J connectivity index is 0.000000646. The lowest BCUT2D eigenvalue weighted by Crippen LogP contribution is -2.39. The van der Waals surface area contributed by atoms with Crippen LogP contribution in [0.2, 0.25) is 5.02 Å². The predicted molar refractivity (Wildman–Crippen MR) is 157 cm³/mol. The van der Waals surface area contributed by atoms with Crippen LogP contribution in [-0.4, -0.2) is 65.5 Å². The minimum atomic E-state index is -5.08. The summed E-state index contributed by atoms with van der Waals surface area (Å²) in [6, 6.07) is 19.6. The van der Waals surface area contributed by atoms with Crippen molar-refractivity contribution in [1.82, 2.24) is 15.2 Å². The fraction of sp³-hybridized carbons (Fsp3) is 0.387. The van der Waals surface area contributed by atoms with E-state index in [9.17, 15) is 18.0 Å². The second kappa shape index (κ2) is 16.8. The Morgan fingerprint density at radius 3 is 2.40 bits per heavy atom. The Hall–Kier alpha value is -3.67. The molecule has 232 valence electrons. The molecule has 1 amide bonds. The Bertz CT molecular complexity index is 1300. The Labute approximate surface area is 253 Å². The number of carboxylic acids is 1. The van der Waals surface area contributed by atoms with Gasteiger partial charge in [0.1, 0.15) is 5.75 Å². The highest BCUT2D eigenvalue weighted by molar-refractivity contribution is 6.32. The third-order valence-electron chi connectivity index (χ3n) is 6.43. The minimum absolute atomic E-state index is 0.0584. The maximum absolute atomic E-state index is 13.1.